The smallest absolute Gasteiger partial charge is 0.262 e. The maximum absolute atomic E-state index is 12.9. The van der Waals surface area contributed by atoms with Gasteiger partial charge in [-0.1, -0.05) is 31.2 Å². The normalized spacial score (nSPS) is 10.7. The lowest BCUT2D eigenvalue weighted by atomic mass is 10.1. The number of fused-ring (bicyclic) bond motifs is 1. The summed E-state index contributed by atoms with van der Waals surface area (Å²) in [5.74, 6) is -0.146. The van der Waals surface area contributed by atoms with Crippen molar-refractivity contribution in [1.29, 1.82) is 0 Å². The van der Waals surface area contributed by atoms with Gasteiger partial charge >= 0.3 is 0 Å². The van der Waals surface area contributed by atoms with Crippen LogP contribution in [-0.4, -0.2) is 23.0 Å². The minimum Gasteiger partial charge on any atom is -0.494 e. The SMILES string of the molecule is CCCOc1cccc(C(=O)n2cc(C(N)=O)c3ccccc32)c1. The zero-order valence-electron chi connectivity index (χ0n) is 13.4. The molecule has 2 aromatic carbocycles. The lowest BCUT2D eigenvalue weighted by Crippen LogP contribution is -2.13. The van der Waals surface area contributed by atoms with Gasteiger partial charge < -0.3 is 10.5 Å². The molecule has 0 aliphatic heterocycles. The molecular formula is C19H18N2O3. The summed E-state index contributed by atoms with van der Waals surface area (Å²) >= 11 is 0. The molecule has 0 unspecified atom stereocenters. The van der Waals surface area contributed by atoms with Crippen molar-refractivity contribution in [2.75, 3.05) is 6.61 Å². The second kappa shape index (κ2) is 6.58. The first kappa shape index (κ1) is 15.8. The van der Waals surface area contributed by atoms with Crippen LogP contribution in [0.5, 0.6) is 5.75 Å². The zero-order valence-corrected chi connectivity index (χ0v) is 13.4. The Hall–Kier alpha value is -3.08. The quantitative estimate of drug-likeness (QED) is 0.784. The van der Waals surface area contributed by atoms with Crippen molar-refractivity contribution in [1.82, 2.24) is 4.57 Å². The molecule has 0 saturated heterocycles. The number of carbonyl (C=O) groups is 2. The van der Waals surface area contributed by atoms with Crippen LogP contribution in [0.4, 0.5) is 0 Å². The van der Waals surface area contributed by atoms with Gasteiger partial charge in [-0.3, -0.25) is 14.2 Å². The Morgan fingerprint density at radius 1 is 1.12 bits per heavy atom. The number of nitrogens with zero attached hydrogens (tertiary/aromatic N) is 1. The molecule has 0 radical (unpaired) electrons. The maximum Gasteiger partial charge on any atom is 0.262 e. The molecule has 2 N–H and O–H groups in total. The third-order valence-corrected chi connectivity index (χ3v) is 3.75. The van der Waals surface area contributed by atoms with Gasteiger partial charge in [0.25, 0.3) is 11.8 Å². The third kappa shape index (κ3) is 2.88. The molecule has 1 amide bonds. The molecule has 122 valence electrons. The highest BCUT2D eigenvalue weighted by molar-refractivity contribution is 6.11. The minimum atomic E-state index is -0.558. The van der Waals surface area contributed by atoms with E-state index >= 15 is 0 Å². The highest BCUT2D eigenvalue weighted by atomic mass is 16.5. The predicted octanol–water partition coefficient (Wildman–Crippen LogP) is 3.22. The molecule has 3 rings (SSSR count). The number of carbonyl (C=O) groups excluding carboxylic acids is 2. The van der Waals surface area contributed by atoms with Crippen LogP contribution in [0.3, 0.4) is 0 Å². The maximum atomic E-state index is 12.9. The second-order valence-electron chi connectivity index (χ2n) is 5.48. The van der Waals surface area contributed by atoms with Crippen molar-refractivity contribution >= 4 is 22.7 Å². The van der Waals surface area contributed by atoms with E-state index in [0.717, 1.165) is 6.42 Å². The van der Waals surface area contributed by atoms with Gasteiger partial charge in [0.2, 0.25) is 0 Å². The van der Waals surface area contributed by atoms with Gasteiger partial charge in [-0.05, 0) is 30.7 Å². The number of aromatic nitrogens is 1. The van der Waals surface area contributed by atoms with Crippen LogP contribution in [0.1, 0.15) is 34.1 Å². The predicted molar refractivity (Wildman–Crippen MR) is 92.4 cm³/mol. The number of hydrogen-bond donors (Lipinski definition) is 1. The van der Waals surface area contributed by atoms with Gasteiger partial charge in [-0.15, -0.1) is 0 Å². The fourth-order valence-corrected chi connectivity index (χ4v) is 2.62. The average Bonchev–Trinajstić information content (AvgIpc) is 2.99. The molecular weight excluding hydrogens is 304 g/mol. The monoisotopic (exact) mass is 322 g/mol. The minimum absolute atomic E-state index is 0.236. The Kier molecular flexibility index (Phi) is 4.33. The van der Waals surface area contributed by atoms with Gasteiger partial charge in [0.05, 0.1) is 17.7 Å². The number of amides is 1. The number of ether oxygens (including phenoxy) is 1. The van der Waals surface area contributed by atoms with Gasteiger partial charge in [0.1, 0.15) is 5.75 Å². The molecule has 3 aromatic rings. The Balaban J connectivity index is 2.05. The van der Waals surface area contributed by atoms with Gasteiger partial charge in [0.15, 0.2) is 0 Å². The van der Waals surface area contributed by atoms with E-state index in [1.165, 1.54) is 10.8 Å². The Morgan fingerprint density at radius 2 is 1.92 bits per heavy atom. The fraction of sp³-hybridized carbons (Fsp3) is 0.158. The molecule has 0 spiro atoms. The molecule has 0 atom stereocenters. The molecule has 1 heterocycles. The molecule has 0 aliphatic carbocycles. The van der Waals surface area contributed by atoms with Crippen LogP contribution in [0, 0.1) is 0 Å². The number of para-hydroxylation sites is 1. The summed E-state index contributed by atoms with van der Waals surface area (Å²) in [6.07, 6.45) is 2.39. The lowest BCUT2D eigenvalue weighted by Gasteiger charge is -2.08. The Labute approximate surface area is 139 Å². The molecule has 5 nitrogen and oxygen atoms in total. The van der Waals surface area contributed by atoms with Crippen LogP contribution in [0.15, 0.2) is 54.7 Å². The molecule has 0 bridgehead atoms. The van der Waals surface area contributed by atoms with Crippen LogP contribution in [0.2, 0.25) is 0 Å². The summed E-state index contributed by atoms with van der Waals surface area (Å²) in [5, 5.41) is 0.664. The molecule has 24 heavy (non-hydrogen) atoms. The number of primary amides is 1. The first-order valence-electron chi connectivity index (χ1n) is 7.79. The summed E-state index contributed by atoms with van der Waals surface area (Å²) in [5.41, 5.74) is 6.89. The zero-order chi connectivity index (χ0) is 17.1. The summed E-state index contributed by atoms with van der Waals surface area (Å²) in [6, 6.07) is 14.2. The first-order valence-corrected chi connectivity index (χ1v) is 7.79. The van der Waals surface area contributed by atoms with Crippen molar-refractivity contribution in [3.05, 3.63) is 65.9 Å². The van der Waals surface area contributed by atoms with Gasteiger partial charge in [-0.25, -0.2) is 0 Å². The molecule has 0 fully saturated rings. The van der Waals surface area contributed by atoms with Crippen LogP contribution >= 0.6 is 0 Å². The standard InChI is InChI=1S/C19H18N2O3/c1-2-10-24-14-7-5-6-13(11-14)19(23)21-12-16(18(20)22)15-8-3-4-9-17(15)21/h3-9,11-12H,2,10H2,1H3,(H2,20,22). The summed E-state index contributed by atoms with van der Waals surface area (Å²) in [4.78, 5) is 24.5. The first-order chi connectivity index (χ1) is 11.6. The van der Waals surface area contributed by atoms with Crippen molar-refractivity contribution in [3.8, 4) is 5.75 Å². The Bertz CT molecular complexity index is 912. The Morgan fingerprint density at radius 3 is 2.67 bits per heavy atom. The number of rotatable bonds is 5. The average molecular weight is 322 g/mol. The van der Waals surface area contributed by atoms with Crippen molar-refractivity contribution < 1.29 is 14.3 Å². The fourth-order valence-electron chi connectivity index (χ4n) is 2.62. The van der Waals surface area contributed by atoms with E-state index < -0.39 is 5.91 Å². The third-order valence-electron chi connectivity index (χ3n) is 3.75. The van der Waals surface area contributed by atoms with E-state index in [1.807, 2.05) is 25.1 Å². The van der Waals surface area contributed by atoms with Crippen LogP contribution < -0.4 is 10.5 Å². The van der Waals surface area contributed by atoms with E-state index in [2.05, 4.69) is 0 Å². The van der Waals surface area contributed by atoms with E-state index in [-0.39, 0.29) is 5.91 Å². The summed E-state index contributed by atoms with van der Waals surface area (Å²) in [6.45, 7) is 2.61. The van der Waals surface area contributed by atoms with E-state index in [1.54, 1.807) is 30.3 Å². The van der Waals surface area contributed by atoms with Gasteiger partial charge in [-0.2, -0.15) is 0 Å². The largest absolute Gasteiger partial charge is 0.494 e. The number of hydrogen-bond acceptors (Lipinski definition) is 3. The molecule has 0 aliphatic rings. The van der Waals surface area contributed by atoms with Crippen LogP contribution in [0.25, 0.3) is 10.9 Å². The highest BCUT2D eigenvalue weighted by Crippen LogP contribution is 2.23. The topological polar surface area (TPSA) is 74.3 Å². The number of benzene rings is 2. The van der Waals surface area contributed by atoms with Crippen LogP contribution in [-0.2, 0) is 0 Å². The van der Waals surface area contributed by atoms with Crippen molar-refractivity contribution in [2.24, 2.45) is 5.73 Å². The summed E-state index contributed by atoms with van der Waals surface area (Å²) in [7, 11) is 0. The van der Waals surface area contributed by atoms with Crippen molar-refractivity contribution in [2.45, 2.75) is 13.3 Å². The van der Waals surface area contributed by atoms with E-state index in [9.17, 15) is 9.59 Å². The van der Waals surface area contributed by atoms with Crippen molar-refractivity contribution in [3.63, 3.8) is 0 Å². The molecule has 0 saturated carbocycles. The van der Waals surface area contributed by atoms with E-state index in [0.29, 0.717) is 34.4 Å². The number of nitrogens with two attached hydrogens (primary N) is 1. The lowest BCUT2D eigenvalue weighted by molar-refractivity contribution is 0.0964. The molecule has 1 aromatic heterocycles. The molecule has 5 heteroatoms. The van der Waals surface area contributed by atoms with E-state index in [4.69, 9.17) is 10.5 Å². The van der Waals surface area contributed by atoms with Gasteiger partial charge in [0, 0.05) is 17.1 Å². The second-order valence-corrected chi connectivity index (χ2v) is 5.48. The summed E-state index contributed by atoms with van der Waals surface area (Å²) < 4.78 is 7.03. The highest BCUT2D eigenvalue weighted by Gasteiger charge is 2.17.